The van der Waals surface area contributed by atoms with Gasteiger partial charge in [0.1, 0.15) is 17.8 Å². The van der Waals surface area contributed by atoms with Crippen LogP contribution in [0.15, 0.2) is 60.8 Å². The summed E-state index contributed by atoms with van der Waals surface area (Å²) in [5.41, 5.74) is 3.04. The summed E-state index contributed by atoms with van der Waals surface area (Å²) in [5, 5.41) is 13.4. The van der Waals surface area contributed by atoms with E-state index < -0.39 is 12.1 Å². The summed E-state index contributed by atoms with van der Waals surface area (Å²) in [7, 11) is 0. The van der Waals surface area contributed by atoms with Crippen LogP contribution in [0.4, 0.5) is 0 Å². The molecule has 0 radical (unpaired) electrons. The number of nitrogens with zero attached hydrogens (tertiary/aromatic N) is 3. The third kappa shape index (κ3) is 3.96. The molecular formula is C24H24N4O3. The van der Waals surface area contributed by atoms with Gasteiger partial charge >= 0.3 is 0 Å². The van der Waals surface area contributed by atoms with E-state index in [0.29, 0.717) is 19.5 Å². The minimum atomic E-state index is -0.562. The fraction of sp³-hybridized carbons (Fsp3) is 0.292. The topological polar surface area (TPSA) is 85.8 Å². The fourth-order valence-electron chi connectivity index (χ4n) is 4.49. The van der Waals surface area contributed by atoms with Gasteiger partial charge in [0.25, 0.3) is 0 Å². The molecule has 2 aliphatic heterocycles. The maximum absolute atomic E-state index is 13.0. The lowest BCUT2D eigenvalue weighted by Gasteiger charge is -2.45. The second-order valence-corrected chi connectivity index (χ2v) is 8.24. The van der Waals surface area contributed by atoms with Crippen molar-refractivity contribution in [3.05, 3.63) is 71.9 Å². The summed E-state index contributed by atoms with van der Waals surface area (Å²) >= 11 is 0. The molecule has 31 heavy (non-hydrogen) atoms. The van der Waals surface area contributed by atoms with Crippen molar-refractivity contribution < 1.29 is 14.7 Å². The largest absolute Gasteiger partial charge is 0.508 e. The van der Waals surface area contributed by atoms with Crippen molar-refractivity contribution in [3.63, 3.8) is 0 Å². The monoisotopic (exact) mass is 416 g/mol. The number of carbonyl (C=O) groups is 2. The Morgan fingerprint density at radius 3 is 2.68 bits per heavy atom. The normalized spacial score (nSPS) is 21.7. The Labute approximate surface area is 180 Å². The quantitative estimate of drug-likeness (QED) is 0.676. The van der Waals surface area contributed by atoms with Crippen LogP contribution < -0.4 is 5.32 Å². The highest BCUT2D eigenvalue weighted by Gasteiger charge is 2.43. The average molecular weight is 416 g/mol. The smallest absolute Gasteiger partial charge is 0.246 e. The lowest BCUT2D eigenvalue weighted by atomic mass is 9.98. The summed E-state index contributed by atoms with van der Waals surface area (Å²) in [6, 6.07) is 15.9. The Balaban J connectivity index is 1.25. The van der Waals surface area contributed by atoms with Crippen molar-refractivity contribution in [2.45, 2.75) is 25.0 Å². The summed E-state index contributed by atoms with van der Waals surface area (Å²) < 4.78 is 0. The van der Waals surface area contributed by atoms with Gasteiger partial charge in [0.2, 0.25) is 11.8 Å². The van der Waals surface area contributed by atoms with E-state index in [2.05, 4.69) is 27.3 Å². The van der Waals surface area contributed by atoms with Crippen LogP contribution in [0.5, 0.6) is 5.75 Å². The van der Waals surface area contributed by atoms with Crippen LogP contribution in [0, 0.1) is 0 Å². The van der Waals surface area contributed by atoms with Crippen molar-refractivity contribution in [3.8, 4) is 5.75 Å². The molecule has 2 aromatic carbocycles. The van der Waals surface area contributed by atoms with Crippen molar-refractivity contribution in [2.75, 3.05) is 19.6 Å². The zero-order valence-electron chi connectivity index (χ0n) is 17.1. The number of aromatic nitrogens is 1. The number of benzene rings is 2. The van der Waals surface area contributed by atoms with Gasteiger partial charge < -0.3 is 15.3 Å². The molecule has 2 N–H and O–H groups in total. The molecule has 2 fully saturated rings. The first-order valence-corrected chi connectivity index (χ1v) is 10.5. The predicted octanol–water partition coefficient (Wildman–Crippen LogP) is 1.69. The molecule has 0 bridgehead atoms. The highest BCUT2D eigenvalue weighted by Crippen LogP contribution is 2.21. The number of phenolic OH excluding ortho intramolecular Hbond substituents is 1. The third-order valence-corrected chi connectivity index (χ3v) is 6.11. The van der Waals surface area contributed by atoms with E-state index >= 15 is 0 Å². The number of aromatic hydroxyl groups is 1. The van der Waals surface area contributed by atoms with E-state index in [1.165, 1.54) is 5.56 Å². The number of pyridine rings is 1. The molecule has 3 aromatic rings. The molecule has 7 heteroatoms. The number of hydrogen-bond donors (Lipinski definition) is 2. The second-order valence-electron chi connectivity index (χ2n) is 8.24. The molecule has 3 heterocycles. The summed E-state index contributed by atoms with van der Waals surface area (Å²) in [5.74, 6) is 0.0477. The molecule has 2 saturated heterocycles. The van der Waals surface area contributed by atoms with Crippen LogP contribution in [0.1, 0.15) is 11.1 Å². The molecule has 2 atom stereocenters. The number of rotatable bonds is 4. The zero-order chi connectivity index (χ0) is 21.4. The lowest BCUT2D eigenvalue weighted by Crippen LogP contribution is -2.69. The average Bonchev–Trinajstić information content (AvgIpc) is 2.79. The van der Waals surface area contributed by atoms with Crippen molar-refractivity contribution in [1.29, 1.82) is 0 Å². The van der Waals surface area contributed by atoms with Crippen molar-refractivity contribution in [2.24, 2.45) is 0 Å². The number of nitrogens with one attached hydrogen (secondary N) is 1. The standard InChI is InChI=1S/C24H24N4O3/c29-19-6-3-16(4-7-19)13-21-24(31)28-11-10-27(15-22(28)23(30)26-21)14-17-5-8-20-18(12-17)2-1-9-25-20/h1-9,12,21-22,29H,10-11,13-15H2,(H,26,30)/t21-,22-/m1/s1. The molecule has 0 aliphatic carbocycles. The van der Waals surface area contributed by atoms with Crippen LogP contribution in [0.25, 0.3) is 10.9 Å². The van der Waals surface area contributed by atoms with E-state index in [1.807, 2.05) is 18.2 Å². The number of fused-ring (bicyclic) bond motifs is 2. The first-order chi connectivity index (χ1) is 15.1. The van der Waals surface area contributed by atoms with Gasteiger partial charge in [-0.3, -0.25) is 19.5 Å². The fourth-order valence-corrected chi connectivity index (χ4v) is 4.49. The predicted molar refractivity (Wildman–Crippen MR) is 116 cm³/mol. The van der Waals surface area contributed by atoms with E-state index in [1.54, 1.807) is 35.4 Å². The number of phenols is 1. The number of amides is 2. The van der Waals surface area contributed by atoms with Gasteiger partial charge in [-0.05, 0) is 41.5 Å². The third-order valence-electron chi connectivity index (χ3n) is 6.11. The van der Waals surface area contributed by atoms with Crippen LogP contribution in [0.2, 0.25) is 0 Å². The van der Waals surface area contributed by atoms with Crippen molar-refractivity contribution >= 4 is 22.7 Å². The number of hydrogen-bond acceptors (Lipinski definition) is 5. The Bertz CT molecular complexity index is 1130. The van der Waals surface area contributed by atoms with Crippen LogP contribution in [-0.4, -0.2) is 63.4 Å². The number of piperazine rings is 2. The molecule has 5 rings (SSSR count). The van der Waals surface area contributed by atoms with Crippen LogP contribution in [0.3, 0.4) is 0 Å². The highest BCUT2D eigenvalue weighted by atomic mass is 16.3. The zero-order valence-corrected chi connectivity index (χ0v) is 17.1. The van der Waals surface area contributed by atoms with Crippen LogP contribution in [-0.2, 0) is 22.6 Å². The maximum atomic E-state index is 13.0. The highest BCUT2D eigenvalue weighted by molar-refractivity contribution is 5.97. The lowest BCUT2D eigenvalue weighted by molar-refractivity contribution is -0.153. The molecule has 158 valence electrons. The Kier molecular flexibility index (Phi) is 5.03. The van der Waals surface area contributed by atoms with E-state index in [9.17, 15) is 14.7 Å². The molecule has 0 saturated carbocycles. The van der Waals surface area contributed by atoms with Gasteiger partial charge in [-0.2, -0.15) is 0 Å². The second kappa shape index (κ2) is 8.00. The number of carbonyl (C=O) groups excluding carboxylic acids is 2. The Morgan fingerprint density at radius 1 is 1.03 bits per heavy atom. The summed E-state index contributed by atoms with van der Waals surface area (Å²) in [6.45, 7) is 2.52. The van der Waals surface area contributed by atoms with Crippen LogP contribution >= 0.6 is 0 Å². The molecule has 0 spiro atoms. The molecule has 1 aromatic heterocycles. The molecule has 0 unspecified atom stereocenters. The Hall–Kier alpha value is -3.45. The van der Waals surface area contributed by atoms with Gasteiger partial charge in [-0.25, -0.2) is 0 Å². The van der Waals surface area contributed by atoms with E-state index in [-0.39, 0.29) is 17.6 Å². The van der Waals surface area contributed by atoms with Crippen molar-refractivity contribution in [1.82, 2.24) is 20.1 Å². The minimum Gasteiger partial charge on any atom is -0.508 e. The SMILES string of the molecule is O=C1N[C@H](Cc2ccc(O)cc2)C(=O)N2CCN(Cc3ccc4ncccc4c3)C[C@H]12. The van der Waals surface area contributed by atoms with Gasteiger partial charge in [-0.15, -0.1) is 0 Å². The van der Waals surface area contributed by atoms with Gasteiger partial charge in [-0.1, -0.05) is 24.3 Å². The van der Waals surface area contributed by atoms with Gasteiger partial charge in [0.15, 0.2) is 0 Å². The molecule has 2 aliphatic rings. The summed E-state index contributed by atoms with van der Waals surface area (Å²) in [6.07, 6.45) is 2.21. The van der Waals surface area contributed by atoms with E-state index in [4.69, 9.17) is 0 Å². The minimum absolute atomic E-state index is 0.0332. The molecule has 2 amide bonds. The Morgan fingerprint density at radius 2 is 1.84 bits per heavy atom. The van der Waals surface area contributed by atoms with E-state index in [0.717, 1.165) is 29.6 Å². The van der Waals surface area contributed by atoms with Gasteiger partial charge in [0, 0.05) is 44.2 Å². The molecule has 7 nitrogen and oxygen atoms in total. The molecular weight excluding hydrogens is 392 g/mol. The van der Waals surface area contributed by atoms with Gasteiger partial charge in [0.05, 0.1) is 5.52 Å². The maximum Gasteiger partial charge on any atom is 0.246 e. The first kappa shape index (κ1) is 19.5. The first-order valence-electron chi connectivity index (χ1n) is 10.5. The summed E-state index contributed by atoms with van der Waals surface area (Å²) in [4.78, 5) is 34.2.